The Morgan fingerprint density at radius 1 is 1.25 bits per heavy atom. The quantitative estimate of drug-likeness (QED) is 0.653. The van der Waals surface area contributed by atoms with E-state index in [0.717, 1.165) is 29.6 Å². The van der Waals surface area contributed by atoms with E-state index in [9.17, 15) is 4.39 Å². The summed E-state index contributed by atoms with van der Waals surface area (Å²) in [6.07, 6.45) is 5.22. The van der Waals surface area contributed by atoms with Gasteiger partial charge in [0.15, 0.2) is 0 Å². The lowest BCUT2D eigenvalue weighted by atomic mass is 10.1. The number of fused-ring (bicyclic) bond motifs is 1. The van der Waals surface area contributed by atoms with Gasteiger partial charge in [-0.3, -0.25) is 0 Å². The van der Waals surface area contributed by atoms with Gasteiger partial charge in [0.05, 0.1) is 15.2 Å². The molecule has 0 amide bonds. The van der Waals surface area contributed by atoms with E-state index in [1.54, 1.807) is 23.6 Å². The Labute approximate surface area is 145 Å². The van der Waals surface area contributed by atoms with Gasteiger partial charge in [0.1, 0.15) is 0 Å². The first-order valence-corrected chi connectivity index (χ1v) is 9.26. The lowest BCUT2D eigenvalue weighted by Gasteiger charge is -2.19. The molecule has 1 aliphatic heterocycles. The average Bonchev–Trinajstić information content (AvgIpc) is 3.18. The highest BCUT2D eigenvalue weighted by Crippen LogP contribution is 2.28. The number of aromatic nitrogens is 2. The lowest BCUT2D eigenvalue weighted by Crippen LogP contribution is -2.28. The van der Waals surface area contributed by atoms with Crippen molar-refractivity contribution in [3.05, 3.63) is 47.5 Å². The predicted octanol–water partition coefficient (Wildman–Crippen LogP) is 4.52. The second-order valence-electron chi connectivity index (χ2n) is 6.44. The van der Waals surface area contributed by atoms with Crippen molar-refractivity contribution in [3.8, 4) is 11.1 Å². The molecular formula is C19H20FN3S. The van der Waals surface area contributed by atoms with Gasteiger partial charge in [-0.05, 0) is 56.1 Å². The largest absolute Gasteiger partial charge is 0.300 e. The van der Waals surface area contributed by atoms with Crippen LogP contribution >= 0.6 is 11.3 Å². The summed E-state index contributed by atoms with van der Waals surface area (Å²) in [5, 5.41) is 1.19. The molecule has 0 spiro atoms. The zero-order chi connectivity index (χ0) is 16.5. The maximum Gasteiger partial charge on any atom is 0.212 e. The molecule has 1 saturated heterocycles. The predicted molar refractivity (Wildman–Crippen MR) is 96.8 cm³/mol. The number of hydrogen-bond acceptors (Lipinski definition) is 4. The van der Waals surface area contributed by atoms with Crippen LogP contribution in [0.5, 0.6) is 0 Å². The molecule has 3 nitrogen and oxygen atoms in total. The molecule has 0 aliphatic carbocycles. The number of nitrogens with zero attached hydrogens (tertiary/aromatic N) is 3. The molecule has 24 heavy (non-hydrogen) atoms. The molecule has 0 saturated carbocycles. The van der Waals surface area contributed by atoms with Crippen molar-refractivity contribution < 1.29 is 4.39 Å². The third kappa shape index (κ3) is 3.19. The molecule has 0 radical (unpaired) electrons. The van der Waals surface area contributed by atoms with Crippen molar-refractivity contribution in [2.24, 2.45) is 0 Å². The lowest BCUT2D eigenvalue weighted by molar-refractivity contribution is 0.272. The fourth-order valence-electron chi connectivity index (χ4n) is 3.37. The zero-order valence-corrected chi connectivity index (χ0v) is 14.5. The van der Waals surface area contributed by atoms with Crippen LogP contribution in [0.4, 0.5) is 4.39 Å². The number of thiazole rings is 1. The van der Waals surface area contributed by atoms with Gasteiger partial charge < -0.3 is 4.90 Å². The van der Waals surface area contributed by atoms with E-state index in [2.05, 4.69) is 22.9 Å². The molecule has 3 heterocycles. The number of rotatable bonds is 4. The van der Waals surface area contributed by atoms with Gasteiger partial charge in [-0.2, -0.15) is 4.39 Å². The van der Waals surface area contributed by atoms with Crippen molar-refractivity contribution in [1.82, 2.24) is 14.9 Å². The van der Waals surface area contributed by atoms with Crippen LogP contribution in [0.2, 0.25) is 0 Å². The normalized spacial score (nSPS) is 18.5. The first kappa shape index (κ1) is 15.7. The van der Waals surface area contributed by atoms with E-state index < -0.39 is 5.95 Å². The smallest absolute Gasteiger partial charge is 0.212 e. The molecule has 1 atom stereocenters. The molecule has 0 N–H and O–H groups in total. The summed E-state index contributed by atoms with van der Waals surface area (Å²) in [4.78, 5) is 11.1. The molecule has 4 rings (SSSR count). The Balaban J connectivity index is 1.53. The van der Waals surface area contributed by atoms with E-state index in [1.165, 1.54) is 35.2 Å². The number of benzene rings is 1. The van der Waals surface area contributed by atoms with Crippen molar-refractivity contribution in [1.29, 1.82) is 0 Å². The maximum absolute atomic E-state index is 13.0. The number of hydrogen-bond donors (Lipinski definition) is 0. The molecule has 0 unspecified atom stereocenters. The Morgan fingerprint density at radius 3 is 2.88 bits per heavy atom. The monoisotopic (exact) mass is 341 g/mol. The molecule has 124 valence electrons. The van der Waals surface area contributed by atoms with E-state index in [1.807, 2.05) is 12.1 Å². The molecule has 5 heteroatoms. The summed E-state index contributed by atoms with van der Waals surface area (Å²) in [5.74, 6) is -0.448. The fourth-order valence-corrected chi connectivity index (χ4v) is 4.36. The molecule has 1 aromatic carbocycles. The van der Waals surface area contributed by atoms with Crippen LogP contribution in [0.25, 0.3) is 21.3 Å². The standard InChI is InChI=1S/C19H20FN3S/c1-13-3-2-9-23(13)10-8-19-22-16-6-4-14(11-17(16)24-19)15-5-7-18(20)21-12-15/h4-7,11-13H,2-3,8-10H2,1H3/t13-/m1/s1. The van der Waals surface area contributed by atoms with E-state index >= 15 is 0 Å². The average molecular weight is 341 g/mol. The molecule has 0 bridgehead atoms. The van der Waals surface area contributed by atoms with Crippen LogP contribution in [-0.4, -0.2) is 34.0 Å². The Bertz CT molecular complexity index is 843. The third-order valence-corrected chi connectivity index (χ3v) is 5.87. The van der Waals surface area contributed by atoms with Crippen LogP contribution in [-0.2, 0) is 6.42 Å². The third-order valence-electron chi connectivity index (χ3n) is 4.80. The van der Waals surface area contributed by atoms with Crippen molar-refractivity contribution in [2.45, 2.75) is 32.2 Å². The van der Waals surface area contributed by atoms with E-state index in [0.29, 0.717) is 6.04 Å². The van der Waals surface area contributed by atoms with Crippen LogP contribution < -0.4 is 0 Å². The SMILES string of the molecule is C[C@@H]1CCCN1CCc1nc2ccc(-c3ccc(F)nc3)cc2s1. The van der Waals surface area contributed by atoms with Crippen molar-refractivity contribution in [2.75, 3.05) is 13.1 Å². The molecule has 2 aromatic heterocycles. The minimum absolute atomic E-state index is 0.448. The first-order chi connectivity index (χ1) is 11.7. The Hall–Kier alpha value is -1.85. The van der Waals surface area contributed by atoms with Gasteiger partial charge in [0.2, 0.25) is 5.95 Å². The van der Waals surface area contributed by atoms with Gasteiger partial charge in [0.25, 0.3) is 0 Å². The topological polar surface area (TPSA) is 29.0 Å². The molecular weight excluding hydrogens is 321 g/mol. The fraction of sp³-hybridized carbons (Fsp3) is 0.368. The van der Waals surface area contributed by atoms with E-state index in [4.69, 9.17) is 4.98 Å². The summed E-state index contributed by atoms with van der Waals surface area (Å²) >= 11 is 1.76. The second-order valence-corrected chi connectivity index (χ2v) is 7.55. The first-order valence-electron chi connectivity index (χ1n) is 8.44. The van der Waals surface area contributed by atoms with E-state index in [-0.39, 0.29) is 0 Å². The number of halogens is 1. The minimum Gasteiger partial charge on any atom is -0.300 e. The highest BCUT2D eigenvalue weighted by Gasteiger charge is 2.20. The van der Waals surface area contributed by atoms with Gasteiger partial charge in [-0.25, -0.2) is 9.97 Å². The molecule has 1 fully saturated rings. The molecule has 3 aromatic rings. The van der Waals surface area contributed by atoms with Crippen molar-refractivity contribution >= 4 is 21.6 Å². The van der Waals surface area contributed by atoms with Crippen molar-refractivity contribution in [3.63, 3.8) is 0 Å². The number of pyridine rings is 1. The van der Waals surface area contributed by atoms with Crippen LogP contribution in [0.15, 0.2) is 36.5 Å². The van der Waals surface area contributed by atoms with Crippen LogP contribution in [0.3, 0.4) is 0 Å². The van der Waals surface area contributed by atoms with Gasteiger partial charge in [-0.15, -0.1) is 11.3 Å². The molecule has 1 aliphatic rings. The summed E-state index contributed by atoms with van der Waals surface area (Å²) in [5.41, 5.74) is 3.03. The van der Waals surface area contributed by atoms with Gasteiger partial charge in [-0.1, -0.05) is 6.07 Å². The maximum atomic E-state index is 13.0. The highest BCUT2D eigenvalue weighted by atomic mass is 32.1. The Kier molecular flexibility index (Phi) is 4.29. The summed E-state index contributed by atoms with van der Waals surface area (Å²) in [6.45, 7) is 4.62. The van der Waals surface area contributed by atoms with Crippen LogP contribution in [0.1, 0.15) is 24.8 Å². The number of likely N-dealkylation sites (tertiary alicyclic amines) is 1. The zero-order valence-electron chi connectivity index (χ0n) is 13.7. The summed E-state index contributed by atoms with van der Waals surface area (Å²) in [6, 6.07) is 10.1. The van der Waals surface area contributed by atoms with Gasteiger partial charge in [0, 0.05) is 30.8 Å². The van der Waals surface area contributed by atoms with Crippen LogP contribution in [0, 0.1) is 5.95 Å². The Morgan fingerprint density at radius 2 is 2.12 bits per heavy atom. The summed E-state index contributed by atoms with van der Waals surface area (Å²) in [7, 11) is 0. The summed E-state index contributed by atoms with van der Waals surface area (Å²) < 4.78 is 14.2. The van der Waals surface area contributed by atoms with Gasteiger partial charge >= 0.3 is 0 Å². The second kappa shape index (κ2) is 6.57. The highest BCUT2D eigenvalue weighted by molar-refractivity contribution is 7.18. The minimum atomic E-state index is -0.448.